The van der Waals surface area contributed by atoms with E-state index in [9.17, 15) is 13.2 Å². The molecule has 0 fully saturated rings. The molecule has 2 aromatic carbocycles. The number of halogens is 4. The van der Waals surface area contributed by atoms with Crippen LogP contribution in [0.15, 0.2) is 53.5 Å². The Hall–Kier alpha value is -2.01. The molecule has 0 heterocycles. The Bertz CT molecular complexity index is 668. The van der Waals surface area contributed by atoms with E-state index in [0.717, 1.165) is 0 Å². The molecule has 0 N–H and O–H groups in total. The Morgan fingerprint density at radius 1 is 1.00 bits per heavy atom. The molecule has 0 atom stereocenters. The molecule has 0 aliphatic rings. The summed E-state index contributed by atoms with van der Waals surface area (Å²) in [6, 6.07) is 13.4. The van der Waals surface area contributed by atoms with E-state index in [0.29, 0.717) is 16.9 Å². The minimum Gasteiger partial charge on any atom is -0.496 e. The van der Waals surface area contributed by atoms with Crippen LogP contribution in [0, 0.1) is 0 Å². The Labute approximate surface area is 124 Å². The van der Waals surface area contributed by atoms with E-state index in [2.05, 4.69) is 4.99 Å². The third kappa shape index (κ3) is 3.55. The predicted molar refractivity (Wildman–Crippen MR) is 77.4 cm³/mol. The molecule has 2 nitrogen and oxygen atoms in total. The number of hydrogen-bond acceptors (Lipinski definition) is 2. The molecule has 0 aliphatic heterocycles. The fourth-order valence-corrected chi connectivity index (χ4v) is 1.93. The van der Waals surface area contributed by atoms with Gasteiger partial charge >= 0.3 is 6.18 Å². The molecular formula is C15H11ClF3NO. The van der Waals surface area contributed by atoms with Crippen LogP contribution in [0.3, 0.4) is 0 Å². The van der Waals surface area contributed by atoms with E-state index >= 15 is 0 Å². The van der Waals surface area contributed by atoms with Gasteiger partial charge in [-0.2, -0.15) is 13.2 Å². The second-order valence-electron chi connectivity index (χ2n) is 4.12. The van der Waals surface area contributed by atoms with Gasteiger partial charge in [-0.25, -0.2) is 4.99 Å². The van der Waals surface area contributed by atoms with E-state index in [1.54, 1.807) is 42.5 Å². The van der Waals surface area contributed by atoms with Gasteiger partial charge in [0.2, 0.25) is 5.17 Å². The molecule has 0 unspecified atom stereocenters. The van der Waals surface area contributed by atoms with E-state index in [4.69, 9.17) is 16.3 Å². The molecule has 0 spiro atoms. The zero-order valence-electron chi connectivity index (χ0n) is 11.0. The van der Waals surface area contributed by atoms with Crippen LogP contribution >= 0.6 is 11.6 Å². The third-order valence-corrected chi connectivity index (χ3v) is 3.05. The molecule has 0 aromatic heterocycles. The number of methoxy groups -OCH3 is 1. The Balaban J connectivity index is 2.57. The maximum absolute atomic E-state index is 12.5. The summed E-state index contributed by atoms with van der Waals surface area (Å²) in [7, 11) is 1.49. The monoisotopic (exact) mass is 313 g/mol. The molecule has 2 aromatic rings. The quantitative estimate of drug-likeness (QED) is 0.714. The Morgan fingerprint density at radius 2 is 1.57 bits per heavy atom. The second kappa shape index (κ2) is 6.18. The van der Waals surface area contributed by atoms with Gasteiger partial charge in [0, 0.05) is 11.1 Å². The van der Waals surface area contributed by atoms with Crippen LogP contribution in [0.5, 0.6) is 5.75 Å². The van der Waals surface area contributed by atoms with Crippen molar-refractivity contribution in [2.45, 2.75) is 6.18 Å². The van der Waals surface area contributed by atoms with Crippen LogP contribution in [0.1, 0.15) is 0 Å². The first-order chi connectivity index (χ1) is 9.93. The average molecular weight is 314 g/mol. The van der Waals surface area contributed by atoms with Crippen molar-refractivity contribution in [2.75, 3.05) is 7.11 Å². The van der Waals surface area contributed by atoms with Gasteiger partial charge in [0.05, 0.1) is 12.8 Å². The molecule has 0 saturated carbocycles. The zero-order valence-corrected chi connectivity index (χ0v) is 11.7. The standard InChI is InChI=1S/C15H11ClF3NO/c1-21-13-9-5-3-7-11(13)10-6-2-4-8-12(10)20-14(16)15(17,18)19/h2-9H,1H3. The van der Waals surface area contributed by atoms with Gasteiger partial charge in [0.1, 0.15) is 5.75 Å². The first-order valence-corrected chi connectivity index (χ1v) is 6.35. The van der Waals surface area contributed by atoms with Gasteiger partial charge in [0.15, 0.2) is 0 Å². The lowest BCUT2D eigenvalue weighted by Crippen LogP contribution is -2.16. The minimum absolute atomic E-state index is 0.129. The number of para-hydroxylation sites is 2. The van der Waals surface area contributed by atoms with Gasteiger partial charge in [-0.1, -0.05) is 48.0 Å². The van der Waals surface area contributed by atoms with Crippen LogP contribution in [0.4, 0.5) is 18.9 Å². The number of nitrogens with zero attached hydrogens (tertiary/aromatic N) is 1. The molecule has 0 bridgehead atoms. The normalized spacial score (nSPS) is 12.3. The molecular weight excluding hydrogens is 303 g/mol. The smallest absolute Gasteiger partial charge is 0.444 e. The molecule has 0 amide bonds. The van der Waals surface area contributed by atoms with Gasteiger partial charge in [0.25, 0.3) is 0 Å². The number of aliphatic imine (C=N–C) groups is 1. The molecule has 6 heteroatoms. The second-order valence-corrected chi connectivity index (χ2v) is 4.48. The number of ether oxygens (including phenoxy) is 1. The average Bonchev–Trinajstić information content (AvgIpc) is 2.47. The summed E-state index contributed by atoms with van der Waals surface area (Å²) in [6.07, 6.45) is -4.67. The number of benzene rings is 2. The Kier molecular flexibility index (Phi) is 4.53. The first-order valence-electron chi connectivity index (χ1n) is 5.97. The lowest BCUT2D eigenvalue weighted by molar-refractivity contribution is -0.0558. The lowest BCUT2D eigenvalue weighted by Gasteiger charge is -2.11. The summed E-state index contributed by atoms with van der Waals surface area (Å²) in [6.45, 7) is 0. The topological polar surface area (TPSA) is 21.6 Å². The summed E-state index contributed by atoms with van der Waals surface area (Å²) in [5, 5.41) is -1.41. The fourth-order valence-electron chi connectivity index (χ4n) is 1.84. The van der Waals surface area contributed by atoms with Gasteiger partial charge in [-0.05, 0) is 12.1 Å². The highest BCUT2D eigenvalue weighted by atomic mass is 35.5. The van der Waals surface area contributed by atoms with Crippen LogP contribution in [0.25, 0.3) is 11.1 Å². The van der Waals surface area contributed by atoms with Crippen LogP contribution in [0.2, 0.25) is 0 Å². The van der Waals surface area contributed by atoms with Gasteiger partial charge < -0.3 is 4.74 Å². The van der Waals surface area contributed by atoms with Crippen molar-refractivity contribution in [1.82, 2.24) is 0 Å². The van der Waals surface area contributed by atoms with Crippen molar-refractivity contribution in [2.24, 2.45) is 4.99 Å². The SMILES string of the molecule is COc1ccccc1-c1ccccc1N=C(Cl)C(F)(F)F. The van der Waals surface area contributed by atoms with E-state index in [1.165, 1.54) is 13.2 Å². The maximum Gasteiger partial charge on any atom is 0.444 e. The minimum atomic E-state index is -4.67. The van der Waals surface area contributed by atoms with Crippen LogP contribution in [-0.4, -0.2) is 18.5 Å². The summed E-state index contributed by atoms with van der Waals surface area (Å²) < 4.78 is 42.8. The largest absolute Gasteiger partial charge is 0.496 e. The highest BCUT2D eigenvalue weighted by molar-refractivity contribution is 6.67. The molecule has 21 heavy (non-hydrogen) atoms. The fraction of sp³-hybridized carbons (Fsp3) is 0.133. The van der Waals surface area contributed by atoms with Crippen molar-refractivity contribution < 1.29 is 17.9 Å². The lowest BCUT2D eigenvalue weighted by atomic mass is 10.0. The molecule has 0 saturated heterocycles. The highest BCUT2D eigenvalue weighted by Crippen LogP contribution is 2.37. The van der Waals surface area contributed by atoms with Crippen molar-refractivity contribution >= 4 is 22.5 Å². The van der Waals surface area contributed by atoms with Crippen molar-refractivity contribution in [3.63, 3.8) is 0 Å². The zero-order chi connectivity index (χ0) is 15.5. The third-order valence-electron chi connectivity index (χ3n) is 2.75. The summed E-state index contributed by atoms with van der Waals surface area (Å²) in [5.41, 5.74) is 1.28. The van der Waals surface area contributed by atoms with Crippen molar-refractivity contribution in [1.29, 1.82) is 0 Å². The predicted octanol–water partition coefficient (Wildman–Crippen LogP) is 5.19. The number of hydrogen-bond donors (Lipinski definition) is 0. The number of alkyl halides is 3. The summed E-state index contributed by atoms with van der Waals surface area (Å²) in [4.78, 5) is 3.48. The molecule has 110 valence electrons. The van der Waals surface area contributed by atoms with E-state index < -0.39 is 11.3 Å². The van der Waals surface area contributed by atoms with Crippen LogP contribution in [-0.2, 0) is 0 Å². The molecule has 0 aliphatic carbocycles. The van der Waals surface area contributed by atoms with E-state index in [-0.39, 0.29) is 5.69 Å². The maximum atomic E-state index is 12.5. The molecule has 2 rings (SSSR count). The van der Waals surface area contributed by atoms with Gasteiger partial charge in [-0.15, -0.1) is 0 Å². The summed E-state index contributed by atoms with van der Waals surface area (Å²) >= 11 is 5.22. The highest BCUT2D eigenvalue weighted by Gasteiger charge is 2.34. The first kappa shape index (κ1) is 15.4. The van der Waals surface area contributed by atoms with E-state index in [1.807, 2.05) is 0 Å². The van der Waals surface area contributed by atoms with Gasteiger partial charge in [-0.3, -0.25) is 0 Å². The summed E-state index contributed by atoms with van der Waals surface area (Å²) in [5.74, 6) is 0.545. The van der Waals surface area contributed by atoms with Crippen molar-refractivity contribution in [3.05, 3.63) is 48.5 Å². The Morgan fingerprint density at radius 3 is 2.19 bits per heavy atom. The number of rotatable bonds is 3. The van der Waals surface area contributed by atoms with Crippen molar-refractivity contribution in [3.8, 4) is 16.9 Å². The molecule has 0 radical (unpaired) electrons. The van der Waals surface area contributed by atoms with Crippen LogP contribution < -0.4 is 4.74 Å².